The molecule has 0 spiro atoms. The molecule has 4 heterocycles. The van der Waals surface area contributed by atoms with Crippen LogP contribution < -0.4 is 10.2 Å². The van der Waals surface area contributed by atoms with Crippen molar-refractivity contribution in [2.75, 3.05) is 44.3 Å². The van der Waals surface area contributed by atoms with Gasteiger partial charge in [0.15, 0.2) is 0 Å². The number of rotatable bonds is 7. The number of hydrogen-bond donors (Lipinski definition) is 1. The van der Waals surface area contributed by atoms with E-state index in [0.29, 0.717) is 12.3 Å². The molecule has 2 fully saturated rings. The molecule has 30 heavy (non-hydrogen) atoms. The number of pyridine rings is 1. The zero-order valence-corrected chi connectivity index (χ0v) is 18.4. The smallest absolute Gasteiger partial charge is 0.220 e. The first kappa shape index (κ1) is 21.2. The number of carbonyl (C=O) groups is 1. The molecule has 162 valence electrons. The van der Waals surface area contributed by atoms with Crippen LogP contribution >= 0.6 is 11.3 Å². The van der Waals surface area contributed by atoms with Gasteiger partial charge in [-0.25, -0.2) is 9.97 Å². The number of nitrogens with zero attached hydrogens (tertiary/aromatic N) is 4. The van der Waals surface area contributed by atoms with Crippen molar-refractivity contribution in [1.29, 1.82) is 0 Å². The molecule has 2 unspecified atom stereocenters. The number of likely N-dealkylation sites (tertiary alicyclic amines) is 1. The van der Waals surface area contributed by atoms with E-state index >= 15 is 0 Å². The molecule has 4 rings (SSSR count). The number of morpholine rings is 1. The molecule has 0 bridgehead atoms. The van der Waals surface area contributed by atoms with Crippen LogP contribution in [0.4, 0.5) is 5.82 Å². The summed E-state index contributed by atoms with van der Waals surface area (Å²) in [5, 5.41) is 6.22. The van der Waals surface area contributed by atoms with Gasteiger partial charge in [-0.05, 0) is 36.9 Å². The van der Waals surface area contributed by atoms with E-state index in [-0.39, 0.29) is 11.9 Å². The van der Waals surface area contributed by atoms with E-state index in [1.54, 1.807) is 11.3 Å². The van der Waals surface area contributed by atoms with Crippen molar-refractivity contribution >= 4 is 23.1 Å². The lowest BCUT2D eigenvalue weighted by molar-refractivity contribution is -0.122. The second-order valence-corrected chi connectivity index (χ2v) is 8.96. The van der Waals surface area contributed by atoms with Crippen LogP contribution in [0.1, 0.15) is 42.8 Å². The van der Waals surface area contributed by atoms with E-state index in [1.807, 2.05) is 24.7 Å². The van der Waals surface area contributed by atoms with Crippen LogP contribution in [0.25, 0.3) is 0 Å². The third-order valence-electron chi connectivity index (χ3n) is 5.92. The first-order chi connectivity index (χ1) is 14.7. The van der Waals surface area contributed by atoms with Crippen LogP contribution in [-0.2, 0) is 16.1 Å². The summed E-state index contributed by atoms with van der Waals surface area (Å²) < 4.78 is 5.43. The Balaban J connectivity index is 1.38. The van der Waals surface area contributed by atoms with Crippen LogP contribution in [-0.4, -0.2) is 60.2 Å². The molecule has 0 radical (unpaired) electrons. The molecule has 1 amide bonds. The maximum absolute atomic E-state index is 12.1. The average Bonchev–Trinajstić information content (AvgIpc) is 3.33. The molecule has 2 aliphatic rings. The molecular formula is C22H31N5O2S. The molecule has 2 saturated heterocycles. The zero-order chi connectivity index (χ0) is 20.8. The topological polar surface area (TPSA) is 70.6 Å². The lowest BCUT2D eigenvalue weighted by Crippen LogP contribution is -2.42. The number of thiazole rings is 1. The van der Waals surface area contributed by atoms with E-state index < -0.39 is 0 Å². The van der Waals surface area contributed by atoms with Crippen molar-refractivity contribution in [2.24, 2.45) is 5.92 Å². The van der Waals surface area contributed by atoms with Gasteiger partial charge in [0, 0.05) is 50.4 Å². The summed E-state index contributed by atoms with van der Waals surface area (Å²) in [6.45, 7) is 8.17. The number of piperidine rings is 1. The lowest BCUT2D eigenvalue weighted by atomic mass is 9.90. The highest BCUT2D eigenvalue weighted by Gasteiger charge is 2.31. The van der Waals surface area contributed by atoms with Crippen molar-refractivity contribution in [2.45, 2.75) is 38.8 Å². The normalized spacial score (nSPS) is 21.4. The highest BCUT2D eigenvalue weighted by atomic mass is 32.1. The molecule has 8 heteroatoms. The van der Waals surface area contributed by atoms with Crippen LogP contribution in [0, 0.1) is 5.92 Å². The number of aromatic nitrogens is 2. The Hall–Kier alpha value is -2.03. The second kappa shape index (κ2) is 10.3. The molecule has 0 aliphatic carbocycles. The van der Waals surface area contributed by atoms with Crippen molar-refractivity contribution in [3.63, 3.8) is 0 Å². The summed E-state index contributed by atoms with van der Waals surface area (Å²) in [7, 11) is 0. The van der Waals surface area contributed by atoms with E-state index in [2.05, 4.69) is 32.2 Å². The molecule has 0 aromatic carbocycles. The largest absolute Gasteiger partial charge is 0.378 e. The van der Waals surface area contributed by atoms with Gasteiger partial charge in [0.2, 0.25) is 5.91 Å². The van der Waals surface area contributed by atoms with Crippen LogP contribution in [0.15, 0.2) is 29.9 Å². The van der Waals surface area contributed by atoms with Crippen molar-refractivity contribution in [1.82, 2.24) is 20.2 Å². The Morgan fingerprint density at radius 1 is 1.30 bits per heavy atom. The number of carbonyl (C=O) groups excluding carboxylic acids is 1. The second-order valence-electron chi connectivity index (χ2n) is 8.03. The third kappa shape index (κ3) is 5.36. The summed E-state index contributed by atoms with van der Waals surface area (Å²) in [6.07, 6.45) is 6.57. The molecule has 2 aromatic heterocycles. The van der Waals surface area contributed by atoms with E-state index in [1.165, 1.54) is 5.56 Å². The van der Waals surface area contributed by atoms with Crippen molar-refractivity contribution in [3.05, 3.63) is 40.5 Å². The summed E-state index contributed by atoms with van der Waals surface area (Å²) >= 11 is 1.63. The van der Waals surface area contributed by atoms with Gasteiger partial charge in [-0.3, -0.25) is 9.69 Å². The maximum atomic E-state index is 12.1. The summed E-state index contributed by atoms with van der Waals surface area (Å²) in [6, 6.07) is 4.32. The molecule has 2 aromatic rings. The molecule has 2 atom stereocenters. The third-order valence-corrected chi connectivity index (χ3v) is 6.78. The van der Waals surface area contributed by atoms with E-state index in [0.717, 1.165) is 69.6 Å². The highest BCUT2D eigenvalue weighted by molar-refractivity contribution is 7.09. The SMILES string of the molecule is CCC(=O)NC(c1nccs1)C1CCCN(Cc2ccc(N3CCOCC3)nc2)C1. The molecule has 1 N–H and O–H groups in total. The number of ether oxygens (including phenoxy) is 1. The Morgan fingerprint density at radius 2 is 2.17 bits per heavy atom. The summed E-state index contributed by atoms with van der Waals surface area (Å²) in [4.78, 5) is 26.1. The minimum absolute atomic E-state index is 0.00192. The minimum Gasteiger partial charge on any atom is -0.378 e. The number of anilines is 1. The first-order valence-corrected chi connectivity index (χ1v) is 11.8. The monoisotopic (exact) mass is 429 g/mol. The van der Waals surface area contributed by atoms with Gasteiger partial charge in [0.25, 0.3) is 0 Å². The molecule has 7 nitrogen and oxygen atoms in total. The fourth-order valence-corrected chi connectivity index (χ4v) is 5.08. The highest BCUT2D eigenvalue weighted by Crippen LogP contribution is 2.31. The Labute approximate surface area is 182 Å². The van der Waals surface area contributed by atoms with Gasteiger partial charge in [-0.15, -0.1) is 11.3 Å². The maximum Gasteiger partial charge on any atom is 0.220 e. The van der Waals surface area contributed by atoms with Crippen LogP contribution in [0.2, 0.25) is 0 Å². The predicted molar refractivity (Wildman–Crippen MR) is 119 cm³/mol. The minimum atomic E-state index is 0.00192. The van der Waals surface area contributed by atoms with Gasteiger partial charge in [-0.1, -0.05) is 13.0 Å². The molecule has 2 aliphatic heterocycles. The van der Waals surface area contributed by atoms with Gasteiger partial charge in [0.05, 0.1) is 19.3 Å². The number of amides is 1. The Bertz CT molecular complexity index is 792. The van der Waals surface area contributed by atoms with E-state index in [4.69, 9.17) is 9.72 Å². The van der Waals surface area contributed by atoms with Gasteiger partial charge < -0.3 is 15.0 Å². The standard InChI is InChI=1S/C22H31N5O2S/c1-2-20(28)25-21(22-23-7-13-30-22)18-4-3-8-26(16-18)15-17-5-6-19(24-14-17)27-9-11-29-12-10-27/h5-7,13-14,18,21H,2-4,8-12,15-16H2,1H3,(H,25,28). The fourth-order valence-electron chi connectivity index (χ4n) is 4.30. The fraction of sp³-hybridized carbons (Fsp3) is 0.591. The van der Waals surface area contributed by atoms with E-state index in [9.17, 15) is 4.79 Å². The molecule has 0 saturated carbocycles. The quantitative estimate of drug-likeness (QED) is 0.730. The first-order valence-electron chi connectivity index (χ1n) is 10.9. The Kier molecular flexibility index (Phi) is 7.30. The average molecular weight is 430 g/mol. The number of hydrogen-bond acceptors (Lipinski definition) is 7. The zero-order valence-electron chi connectivity index (χ0n) is 17.6. The van der Waals surface area contributed by atoms with Crippen LogP contribution in [0.3, 0.4) is 0 Å². The van der Waals surface area contributed by atoms with Crippen molar-refractivity contribution in [3.8, 4) is 0 Å². The van der Waals surface area contributed by atoms with Gasteiger partial charge in [-0.2, -0.15) is 0 Å². The summed E-state index contributed by atoms with van der Waals surface area (Å²) in [5.41, 5.74) is 1.23. The van der Waals surface area contributed by atoms with Gasteiger partial charge in [0.1, 0.15) is 10.8 Å². The summed E-state index contributed by atoms with van der Waals surface area (Å²) in [5.74, 6) is 1.50. The van der Waals surface area contributed by atoms with Crippen LogP contribution in [0.5, 0.6) is 0 Å². The lowest BCUT2D eigenvalue weighted by Gasteiger charge is -2.36. The Morgan fingerprint density at radius 3 is 2.87 bits per heavy atom. The molecular weight excluding hydrogens is 398 g/mol. The van der Waals surface area contributed by atoms with Gasteiger partial charge >= 0.3 is 0 Å². The number of nitrogens with one attached hydrogen (secondary N) is 1. The predicted octanol–water partition coefficient (Wildman–Crippen LogP) is 2.85. The van der Waals surface area contributed by atoms with Crippen molar-refractivity contribution < 1.29 is 9.53 Å².